The molecule has 144 valence electrons. The van der Waals surface area contributed by atoms with Gasteiger partial charge < -0.3 is 14.8 Å². The quantitative estimate of drug-likeness (QED) is 0.602. The van der Waals surface area contributed by atoms with Gasteiger partial charge in [-0.25, -0.2) is 0 Å². The first-order chi connectivity index (χ1) is 13.0. The summed E-state index contributed by atoms with van der Waals surface area (Å²) in [6, 6.07) is 7.40. The third-order valence-corrected chi connectivity index (χ3v) is 5.01. The second kappa shape index (κ2) is 8.37. The number of nitrogens with one attached hydrogen (secondary N) is 1. The minimum atomic E-state index is -0.593. The normalized spacial score (nSPS) is 14.1. The number of benzene rings is 1. The minimum Gasteiger partial charge on any atom is -0.349 e. The van der Waals surface area contributed by atoms with E-state index in [1.807, 2.05) is 29.2 Å². The first kappa shape index (κ1) is 19.1. The Balaban J connectivity index is 1.80. The Kier molecular flexibility index (Phi) is 5.94. The SMILES string of the molecule is CC(C)CCNC(=O)C(=O)c1cn(CC(=O)N2CCCC2)c2ccccc12. The Morgan fingerprint density at radius 3 is 2.52 bits per heavy atom. The van der Waals surface area contributed by atoms with Crippen molar-refractivity contribution < 1.29 is 14.4 Å². The van der Waals surface area contributed by atoms with Crippen LogP contribution in [0.2, 0.25) is 0 Å². The lowest BCUT2D eigenvalue weighted by molar-refractivity contribution is -0.130. The van der Waals surface area contributed by atoms with Gasteiger partial charge in [0.25, 0.3) is 11.7 Å². The molecule has 2 heterocycles. The summed E-state index contributed by atoms with van der Waals surface area (Å²) < 4.78 is 1.78. The van der Waals surface area contributed by atoms with E-state index in [4.69, 9.17) is 0 Å². The zero-order chi connectivity index (χ0) is 19.4. The lowest BCUT2D eigenvalue weighted by Crippen LogP contribution is -2.32. The van der Waals surface area contributed by atoms with Crippen LogP contribution in [0.4, 0.5) is 0 Å². The van der Waals surface area contributed by atoms with E-state index >= 15 is 0 Å². The molecule has 0 atom stereocenters. The molecule has 1 saturated heterocycles. The molecule has 1 aliphatic rings. The van der Waals surface area contributed by atoms with E-state index < -0.39 is 11.7 Å². The molecular weight excluding hydrogens is 342 g/mol. The van der Waals surface area contributed by atoms with Gasteiger partial charge in [0.1, 0.15) is 6.54 Å². The molecule has 6 nitrogen and oxygen atoms in total. The van der Waals surface area contributed by atoms with Gasteiger partial charge in [-0.15, -0.1) is 0 Å². The molecule has 0 radical (unpaired) electrons. The van der Waals surface area contributed by atoms with Crippen LogP contribution in [0.3, 0.4) is 0 Å². The van der Waals surface area contributed by atoms with E-state index in [1.54, 1.807) is 10.8 Å². The summed E-state index contributed by atoms with van der Waals surface area (Å²) in [5.41, 5.74) is 1.14. The molecule has 1 fully saturated rings. The molecule has 1 aliphatic heterocycles. The zero-order valence-corrected chi connectivity index (χ0v) is 16.0. The van der Waals surface area contributed by atoms with E-state index in [2.05, 4.69) is 19.2 Å². The minimum absolute atomic E-state index is 0.0497. The zero-order valence-electron chi connectivity index (χ0n) is 16.0. The van der Waals surface area contributed by atoms with Crippen LogP contribution in [0.25, 0.3) is 10.9 Å². The topological polar surface area (TPSA) is 71.4 Å². The summed E-state index contributed by atoms with van der Waals surface area (Å²) in [7, 11) is 0. The lowest BCUT2D eigenvalue weighted by Gasteiger charge is -2.15. The maximum absolute atomic E-state index is 12.7. The van der Waals surface area contributed by atoms with Crippen LogP contribution in [0.1, 0.15) is 43.5 Å². The van der Waals surface area contributed by atoms with Crippen LogP contribution < -0.4 is 5.32 Å². The fourth-order valence-corrected chi connectivity index (χ4v) is 3.45. The van der Waals surface area contributed by atoms with Crippen molar-refractivity contribution >= 4 is 28.5 Å². The standard InChI is InChI=1S/C21H27N3O3/c1-15(2)9-10-22-21(27)20(26)17-13-24(18-8-4-3-7-16(17)18)14-19(25)23-11-5-6-12-23/h3-4,7-8,13,15H,5-6,9-12,14H2,1-2H3,(H,22,27). The first-order valence-electron chi connectivity index (χ1n) is 9.65. The predicted octanol–water partition coefficient (Wildman–Crippen LogP) is 2.61. The number of hydrogen-bond acceptors (Lipinski definition) is 3. The van der Waals surface area contributed by atoms with E-state index in [-0.39, 0.29) is 12.5 Å². The molecule has 0 unspecified atom stereocenters. The summed E-state index contributed by atoms with van der Waals surface area (Å²) in [5, 5.41) is 3.40. The van der Waals surface area contributed by atoms with E-state index in [1.165, 1.54) is 0 Å². The first-order valence-corrected chi connectivity index (χ1v) is 9.65. The highest BCUT2D eigenvalue weighted by atomic mass is 16.2. The van der Waals surface area contributed by atoms with Gasteiger partial charge in [-0.1, -0.05) is 32.0 Å². The summed E-state index contributed by atoms with van der Waals surface area (Å²) in [6.45, 7) is 6.39. The van der Waals surface area contributed by atoms with Gasteiger partial charge in [0, 0.05) is 36.7 Å². The van der Waals surface area contributed by atoms with Crippen molar-refractivity contribution in [2.45, 2.75) is 39.7 Å². The second-order valence-corrected chi connectivity index (χ2v) is 7.54. The highest BCUT2D eigenvalue weighted by Gasteiger charge is 2.23. The van der Waals surface area contributed by atoms with Gasteiger partial charge in [-0.05, 0) is 31.2 Å². The average molecular weight is 369 g/mol. The lowest BCUT2D eigenvalue weighted by atomic mass is 10.1. The van der Waals surface area contributed by atoms with Gasteiger partial charge in [0.15, 0.2) is 0 Å². The van der Waals surface area contributed by atoms with E-state index in [9.17, 15) is 14.4 Å². The third kappa shape index (κ3) is 4.38. The van der Waals surface area contributed by atoms with Crippen molar-refractivity contribution in [3.8, 4) is 0 Å². The number of amides is 2. The highest BCUT2D eigenvalue weighted by Crippen LogP contribution is 2.22. The van der Waals surface area contributed by atoms with Crippen LogP contribution in [0.5, 0.6) is 0 Å². The van der Waals surface area contributed by atoms with Crippen LogP contribution in [-0.2, 0) is 16.1 Å². The Morgan fingerprint density at radius 1 is 1.11 bits per heavy atom. The second-order valence-electron chi connectivity index (χ2n) is 7.54. The summed E-state index contributed by atoms with van der Waals surface area (Å²) in [6.07, 6.45) is 4.55. The molecule has 2 amide bonds. The monoisotopic (exact) mass is 369 g/mol. The Morgan fingerprint density at radius 2 is 1.81 bits per heavy atom. The Bertz CT molecular complexity index is 847. The van der Waals surface area contributed by atoms with Gasteiger partial charge in [0.05, 0.1) is 5.56 Å². The fraction of sp³-hybridized carbons (Fsp3) is 0.476. The maximum atomic E-state index is 12.7. The van der Waals surface area contributed by atoms with Gasteiger partial charge in [-0.3, -0.25) is 14.4 Å². The van der Waals surface area contributed by atoms with Crippen LogP contribution in [-0.4, -0.2) is 46.7 Å². The Hall–Kier alpha value is -2.63. The molecule has 27 heavy (non-hydrogen) atoms. The Labute approximate surface area is 159 Å². The van der Waals surface area contributed by atoms with Crippen molar-refractivity contribution in [1.29, 1.82) is 0 Å². The summed E-state index contributed by atoms with van der Waals surface area (Å²) in [4.78, 5) is 39.3. The van der Waals surface area contributed by atoms with Crippen molar-refractivity contribution in [2.75, 3.05) is 19.6 Å². The molecule has 2 aromatic rings. The number of likely N-dealkylation sites (tertiary alicyclic amines) is 1. The molecule has 1 aromatic carbocycles. The van der Waals surface area contributed by atoms with Crippen LogP contribution in [0.15, 0.2) is 30.5 Å². The molecule has 0 aliphatic carbocycles. The molecule has 0 spiro atoms. The number of Topliss-reactive ketones (excluding diaryl/α,β-unsaturated/α-hetero) is 1. The van der Waals surface area contributed by atoms with Crippen LogP contribution >= 0.6 is 0 Å². The number of fused-ring (bicyclic) bond motifs is 1. The van der Waals surface area contributed by atoms with E-state index in [0.29, 0.717) is 23.4 Å². The van der Waals surface area contributed by atoms with Gasteiger partial charge >= 0.3 is 0 Å². The molecule has 0 saturated carbocycles. The summed E-state index contributed by atoms with van der Waals surface area (Å²) in [5.74, 6) is -0.640. The highest BCUT2D eigenvalue weighted by molar-refractivity contribution is 6.45. The predicted molar refractivity (Wildman–Crippen MR) is 105 cm³/mol. The molecule has 3 rings (SSSR count). The smallest absolute Gasteiger partial charge is 0.292 e. The molecular formula is C21H27N3O3. The number of aromatic nitrogens is 1. The number of hydrogen-bond donors (Lipinski definition) is 1. The third-order valence-electron chi connectivity index (χ3n) is 5.01. The van der Waals surface area contributed by atoms with Crippen LogP contribution in [0, 0.1) is 5.92 Å². The van der Waals surface area contributed by atoms with Crippen molar-refractivity contribution in [3.63, 3.8) is 0 Å². The molecule has 6 heteroatoms. The fourth-order valence-electron chi connectivity index (χ4n) is 3.45. The van der Waals surface area contributed by atoms with Crippen molar-refractivity contribution in [1.82, 2.24) is 14.8 Å². The number of nitrogens with zero attached hydrogens (tertiary/aromatic N) is 2. The van der Waals surface area contributed by atoms with Crippen molar-refractivity contribution in [2.24, 2.45) is 5.92 Å². The molecule has 1 aromatic heterocycles. The molecule has 1 N–H and O–H groups in total. The largest absolute Gasteiger partial charge is 0.349 e. The average Bonchev–Trinajstić information content (AvgIpc) is 3.29. The van der Waals surface area contributed by atoms with Gasteiger partial charge in [-0.2, -0.15) is 0 Å². The van der Waals surface area contributed by atoms with Gasteiger partial charge in [0.2, 0.25) is 5.91 Å². The number of rotatable bonds is 7. The molecule has 0 bridgehead atoms. The number of carbonyl (C=O) groups is 3. The number of ketones is 1. The number of para-hydroxylation sites is 1. The maximum Gasteiger partial charge on any atom is 0.292 e. The van der Waals surface area contributed by atoms with E-state index in [0.717, 1.165) is 37.9 Å². The summed E-state index contributed by atoms with van der Waals surface area (Å²) >= 11 is 0. The van der Waals surface area contributed by atoms with Crippen molar-refractivity contribution in [3.05, 3.63) is 36.0 Å². The number of carbonyl (C=O) groups excluding carboxylic acids is 3.